The molecule has 2 heteroatoms. The maximum absolute atomic E-state index is 10.5. The molecule has 0 saturated heterocycles. The number of rotatable bonds is 3. The van der Waals surface area contributed by atoms with Gasteiger partial charge in [0.05, 0.1) is 0 Å². The molecule has 0 fully saturated rings. The summed E-state index contributed by atoms with van der Waals surface area (Å²) in [5, 5.41) is 20.5. The minimum Gasteiger partial charge on any atom is -0.508 e. The van der Waals surface area contributed by atoms with Crippen molar-refractivity contribution in [2.24, 2.45) is 11.3 Å². The van der Waals surface area contributed by atoms with Crippen molar-refractivity contribution < 1.29 is 10.2 Å². The molecule has 1 aromatic rings. The van der Waals surface area contributed by atoms with E-state index in [4.69, 9.17) is 0 Å². The third-order valence-corrected chi connectivity index (χ3v) is 4.17. The minimum atomic E-state index is -0.180. The topological polar surface area (TPSA) is 40.5 Å². The van der Waals surface area contributed by atoms with Gasteiger partial charge < -0.3 is 10.2 Å². The van der Waals surface area contributed by atoms with E-state index in [2.05, 4.69) is 27.7 Å². The molecule has 0 bridgehead atoms. The van der Waals surface area contributed by atoms with Gasteiger partial charge in [-0.25, -0.2) is 0 Å². The molecule has 1 unspecified atom stereocenters. The molecule has 0 aliphatic rings. The Labute approximate surface area is 123 Å². The summed E-state index contributed by atoms with van der Waals surface area (Å²) in [4.78, 5) is 0. The first-order valence-electron chi connectivity index (χ1n) is 7.52. The molecule has 0 aromatic heterocycles. The molecule has 0 aliphatic carbocycles. The number of aromatic hydroxyl groups is 2. The zero-order valence-corrected chi connectivity index (χ0v) is 14.0. The number of benzene rings is 1. The van der Waals surface area contributed by atoms with E-state index in [1.165, 1.54) is 0 Å². The van der Waals surface area contributed by atoms with E-state index in [0.717, 1.165) is 24.0 Å². The third-order valence-electron chi connectivity index (χ3n) is 4.17. The molecule has 1 aromatic carbocycles. The average Bonchev–Trinajstić information content (AvgIpc) is 2.26. The fourth-order valence-corrected chi connectivity index (χ4v) is 2.73. The van der Waals surface area contributed by atoms with Crippen molar-refractivity contribution in [1.82, 2.24) is 0 Å². The fourth-order valence-electron chi connectivity index (χ4n) is 2.73. The van der Waals surface area contributed by atoms with Crippen molar-refractivity contribution in [1.29, 1.82) is 0 Å². The van der Waals surface area contributed by atoms with Crippen molar-refractivity contribution in [3.05, 3.63) is 23.3 Å². The Balaban J connectivity index is 3.23. The highest BCUT2D eigenvalue weighted by Gasteiger charge is 2.27. The minimum absolute atomic E-state index is 0.180. The molecule has 20 heavy (non-hydrogen) atoms. The first-order chi connectivity index (χ1) is 8.96. The average molecular weight is 278 g/mol. The van der Waals surface area contributed by atoms with Crippen LogP contribution in [0.25, 0.3) is 0 Å². The van der Waals surface area contributed by atoms with Gasteiger partial charge in [-0.05, 0) is 40.9 Å². The van der Waals surface area contributed by atoms with E-state index in [-0.39, 0.29) is 16.6 Å². The molecular weight excluding hydrogens is 248 g/mol. The van der Waals surface area contributed by atoms with Crippen LogP contribution >= 0.6 is 0 Å². The summed E-state index contributed by atoms with van der Waals surface area (Å²) in [6, 6.07) is 3.38. The lowest BCUT2D eigenvalue weighted by molar-refractivity contribution is 0.229. The lowest BCUT2D eigenvalue weighted by atomic mass is 9.75. The van der Waals surface area contributed by atoms with E-state index in [9.17, 15) is 10.2 Å². The van der Waals surface area contributed by atoms with E-state index >= 15 is 0 Å². The molecule has 0 radical (unpaired) electrons. The van der Waals surface area contributed by atoms with Crippen molar-refractivity contribution in [3.63, 3.8) is 0 Å². The van der Waals surface area contributed by atoms with Gasteiger partial charge in [0.1, 0.15) is 11.5 Å². The number of phenols is 2. The number of hydrogen-bond donors (Lipinski definition) is 2. The second-order valence-electron chi connectivity index (χ2n) is 7.93. The fraction of sp³-hybridized carbons (Fsp3) is 0.667. The van der Waals surface area contributed by atoms with Crippen molar-refractivity contribution in [2.75, 3.05) is 0 Å². The molecule has 2 nitrogen and oxygen atoms in total. The van der Waals surface area contributed by atoms with Crippen LogP contribution in [0.15, 0.2) is 12.1 Å². The van der Waals surface area contributed by atoms with Crippen LogP contribution in [-0.2, 0) is 11.8 Å². The Morgan fingerprint density at radius 2 is 1.55 bits per heavy atom. The SMILES string of the molecule is CCC(Cc1cc(O)cc(C(C)(C)C)c1O)C(C)(C)C. The Morgan fingerprint density at radius 3 is 1.95 bits per heavy atom. The van der Waals surface area contributed by atoms with E-state index in [0.29, 0.717) is 11.7 Å². The number of hydrogen-bond acceptors (Lipinski definition) is 2. The van der Waals surface area contributed by atoms with E-state index in [1.807, 2.05) is 20.8 Å². The highest BCUT2D eigenvalue weighted by Crippen LogP contribution is 2.40. The Morgan fingerprint density at radius 1 is 1.00 bits per heavy atom. The van der Waals surface area contributed by atoms with Gasteiger partial charge in [0.2, 0.25) is 0 Å². The van der Waals surface area contributed by atoms with Crippen molar-refractivity contribution in [2.45, 2.75) is 66.7 Å². The molecule has 0 spiro atoms. The zero-order chi connectivity index (χ0) is 15.7. The van der Waals surface area contributed by atoms with Crippen LogP contribution < -0.4 is 0 Å². The third kappa shape index (κ3) is 3.91. The van der Waals surface area contributed by atoms with Gasteiger partial charge in [-0.3, -0.25) is 0 Å². The van der Waals surface area contributed by atoms with Gasteiger partial charge in [-0.2, -0.15) is 0 Å². The molecule has 0 saturated carbocycles. The first-order valence-corrected chi connectivity index (χ1v) is 7.52. The molecule has 0 aliphatic heterocycles. The summed E-state index contributed by atoms with van der Waals surface area (Å²) in [6.45, 7) is 15.0. The predicted molar refractivity (Wildman–Crippen MR) is 85.4 cm³/mol. The van der Waals surface area contributed by atoms with Crippen LogP contribution in [0.5, 0.6) is 11.5 Å². The van der Waals surface area contributed by atoms with E-state index < -0.39 is 0 Å². The summed E-state index contributed by atoms with van der Waals surface area (Å²) < 4.78 is 0. The molecule has 0 heterocycles. The standard InChI is InChI=1S/C18H30O2/c1-8-13(17(2,3)4)9-12-10-14(19)11-15(16(12)20)18(5,6)7/h10-11,13,19-20H,8-9H2,1-7H3. The van der Waals surface area contributed by atoms with Crippen LogP contribution in [0.3, 0.4) is 0 Å². The van der Waals surface area contributed by atoms with Gasteiger partial charge in [-0.1, -0.05) is 54.9 Å². The molecule has 1 atom stereocenters. The van der Waals surface area contributed by atoms with Gasteiger partial charge in [0, 0.05) is 5.56 Å². The zero-order valence-electron chi connectivity index (χ0n) is 14.0. The van der Waals surface area contributed by atoms with Crippen molar-refractivity contribution >= 4 is 0 Å². The van der Waals surface area contributed by atoms with Crippen LogP contribution in [0.4, 0.5) is 0 Å². The Hall–Kier alpha value is -1.18. The second-order valence-corrected chi connectivity index (χ2v) is 7.93. The Kier molecular flexibility index (Phi) is 4.78. The van der Waals surface area contributed by atoms with Crippen LogP contribution in [-0.4, -0.2) is 10.2 Å². The normalized spacial score (nSPS) is 14.3. The quantitative estimate of drug-likeness (QED) is 0.763. The molecule has 1 rings (SSSR count). The molecular formula is C18H30O2. The second kappa shape index (κ2) is 5.67. The van der Waals surface area contributed by atoms with Crippen LogP contribution in [0, 0.1) is 11.3 Å². The Bertz CT molecular complexity index is 462. The first kappa shape index (κ1) is 16.9. The lowest BCUT2D eigenvalue weighted by Crippen LogP contribution is -2.22. The summed E-state index contributed by atoms with van der Waals surface area (Å²) in [5.41, 5.74) is 1.68. The summed E-state index contributed by atoms with van der Waals surface area (Å²) in [6.07, 6.45) is 1.85. The van der Waals surface area contributed by atoms with Crippen molar-refractivity contribution in [3.8, 4) is 11.5 Å². The van der Waals surface area contributed by atoms with E-state index in [1.54, 1.807) is 12.1 Å². The van der Waals surface area contributed by atoms with Gasteiger partial charge in [0.25, 0.3) is 0 Å². The summed E-state index contributed by atoms with van der Waals surface area (Å²) in [5.74, 6) is 1.06. The summed E-state index contributed by atoms with van der Waals surface area (Å²) >= 11 is 0. The lowest BCUT2D eigenvalue weighted by Gasteiger charge is -2.31. The molecule has 2 N–H and O–H groups in total. The van der Waals surface area contributed by atoms with Crippen LogP contribution in [0.2, 0.25) is 0 Å². The largest absolute Gasteiger partial charge is 0.508 e. The number of phenolic OH excluding ortho intramolecular Hbond substituents is 2. The van der Waals surface area contributed by atoms with Gasteiger partial charge >= 0.3 is 0 Å². The van der Waals surface area contributed by atoms with Gasteiger partial charge in [-0.15, -0.1) is 0 Å². The maximum atomic E-state index is 10.5. The van der Waals surface area contributed by atoms with Gasteiger partial charge in [0.15, 0.2) is 0 Å². The summed E-state index contributed by atoms with van der Waals surface area (Å²) in [7, 11) is 0. The smallest absolute Gasteiger partial charge is 0.122 e. The van der Waals surface area contributed by atoms with Crippen LogP contribution in [0.1, 0.15) is 66.0 Å². The molecule has 114 valence electrons. The maximum Gasteiger partial charge on any atom is 0.122 e. The predicted octanol–water partition coefficient (Wildman–Crippen LogP) is 5.01. The molecule has 0 amide bonds. The highest BCUT2D eigenvalue weighted by atomic mass is 16.3. The highest BCUT2D eigenvalue weighted by molar-refractivity contribution is 5.49. The monoisotopic (exact) mass is 278 g/mol.